The van der Waals surface area contributed by atoms with Crippen molar-refractivity contribution in [2.45, 2.75) is 12.5 Å². The normalized spacial score (nSPS) is 17.3. The van der Waals surface area contributed by atoms with Crippen LogP contribution in [-0.2, 0) is 9.59 Å². The van der Waals surface area contributed by atoms with Gasteiger partial charge >= 0.3 is 12.0 Å². The fourth-order valence-electron chi connectivity index (χ4n) is 1.41. The van der Waals surface area contributed by atoms with E-state index in [4.69, 9.17) is 10.8 Å². The molecule has 1 aliphatic heterocycles. The molecule has 17 heavy (non-hydrogen) atoms. The number of nitrogens with one attached hydrogen (secondary N) is 1. The molecule has 0 unspecified atom stereocenters. The van der Waals surface area contributed by atoms with Gasteiger partial charge < -0.3 is 21.1 Å². The number of carboxylic acid groups (broad SMARTS) is 1. The Kier molecular flexibility index (Phi) is 5.08. The van der Waals surface area contributed by atoms with E-state index in [-0.39, 0.29) is 0 Å². The number of carboxylic acids is 1. The lowest BCUT2D eigenvalue weighted by Gasteiger charge is -2.27. The molecule has 4 N–H and O–H groups in total. The van der Waals surface area contributed by atoms with Gasteiger partial charge in [0.1, 0.15) is 6.04 Å². The van der Waals surface area contributed by atoms with Crippen LogP contribution in [0.3, 0.4) is 0 Å². The van der Waals surface area contributed by atoms with Crippen LogP contribution in [0.4, 0.5) is 4.79 Å². The molecule has 0 bridgehead atoms. The molecule has 3 amide bonds. The number of thioether (sulfide) groups is 1. The van der Waals surface area contributed by atoms with Gasteiger partial charge in [-0.15, -0.1) is 0 Å². The van der Waals surface area contributed by atoms with E-state index >= 15 is 0 Å². The Balaban J connectivity index is 2.50. The first-order valence-corrected chi connectivity index (χ1v) is 6.30. The summed E-state index contributed by atoms with van der Waals surface area (Å²) in [5, 5.41) is 11.1. The number of aliphatic carboxylic acids is 1. The van der Waals surface area contributed by atoms with Gasteiger partial charge in [0.05, 0.1) is 6.42 Å². The van der Waals surface area contributed by atoms with E-state index < -0.39 is 30.4 Å². The molecule has 0 radical (unpaired) electrons. The molecule has 0 saturated carbocycles. The summed E-state index contributed by atoms with van der Waals surface area (Å²) in [6, 6.07) is -1.71. The fraction of sp³-hybridized carbons (Fsp3) is 0.667. The van der Waals surface area contributed by atoms with Crippen molar-refractivity contribution in [3.63, 3.8) is 0 Å². The number of carbonyl (C=O) groups excluding carboxylic acids is 2. The van der Waals surface area contributed by atoms with Crippen LogP contribution < -0.4 is 11.1 Å². The maximum atomic E-state index is 11.7. The van der Waals surface area contributed by atoms with Crippen LogP contribution in [0.5, 0.6) is 0 Å². The lowest BCUT2D eigenvalue weighted by molar-refractivity contribution is -0.140. The zero-order valence-corrected chi connectivity index (χ0v) is 10.0. The summed E-state index contributed by atoms with van der Waals surface area (Å²) in [5.74, 6) is -0.350. The molecule has 7 nitrogen and oxygen atoms in total. The number of primary amides is 1. The summed E-state index contributed by atoms with van der Waals surface area (Å²) in [5.41, 5.74) is 4.91. The van der Waals surface area contributed by atoms with Crippen LogP contribution in [-0.4, -0.2) is 58.6 Å². The third-order valence-electron chi connectivity index (χ3n) is 2.30. The van der Waals surface area contributed by atoms with Crippen molar-refractivity contribution >= 4 is 29.7 Å². The molecule has 1 saturated heterocycles. The van der Waals surface area contributed by atoms with Crippen molar-refractivity contribution in [1.29, 1.82) is 0 Å². The van der Waals surface area contributed by atoms with Crippen molar-refractivity contribution in [3.05, 3.63) is 0 Å². The van der Waals surface area contributed by atoms with E-state index in [1.165, 1.54) is 4.90 Å². The second kappa shape index (κ2) is 6.33. The third kappa shape index (κ3) is 4.51. The minimum Gasteiger partial charge on any atom is -0.480 e. The largest absolute Gasteiger partial charge is 0.480 e. The molecule has 1 aliphatic rings. The van der Waals surface area contributed by atoms with Gasteiger partial charge in [0, 0.05) is 24.6 Å². The average Bonchev–Trinajstić information content (AvgIpc) is 2.28. The van der Waals surface area contributed by atoms with Gasteiger partial charge in [0.25, 0.3) is 0 Å². The van der Waals surface area contributed by atoms with Crippen molar-refractivity contribution in [2.75, 3.05) is 24.6 Å². The fourth-order valence-corrected chi connectivity index (χ4v) is 2.31. The number of nitrogens with two attached hydrogens (primary N) is 1. The van der Waals surface area contributed by atoms with Crippen LogP contribution in [0.2, 0.25) is 0 Å². The van der Waals surface area contributed by atoms with Gasteiger partial charge in [-0.2, -0.15) is 11.8 Å². The Morgan fingerprint density at radius 1 is 1.35 bits per heavy atom. The molecule has 8 heteroatoms. The highest BCUT2D eigenvalue weighted by molar-refractivity contribution is 7.99. The predicted molar refractivity (Wildman–Crippen MR) is 62.7 cm³/mol. The molecule has 1 rings (SSSR count). The van der Waals surface area contributed by atoms with Crippen LogP contribution in [0, 0.1) is 0 Å². The van der Waals surface area contributed by atoms with Gasteiger partial charge in [0.15, 0.2) is 0 Å². The SMILES string of the molecule is NC(=O)C[C@@H](NC(=O)N1CCSCC1)C(=O)O. The standard InChI is InChI=1S/C9H15N3O4S/c10-7(13)5-6(8(14)15)11-9(16)12-1-3-17-4-2-12/h6H,1-5H2,(H2,10,13)(H,11,16)(H,14,15)/t6-/m1/s1. The van der Waals surface area contributed by atoms with Crippen molar-refractivity contribution in [3.8, 4) is 0 Å². The Bertz CT molecular complexity index is 317. The summed E-state index contributed by atoms with van der Waals surface area (Å²) >= 11 is 1.74. The Morgan fingerprint density at radius 2 is 1.94 bits per heavy atom. The molecule has 96 valence electrons. The Hall–Kier alpha value is -1.44. The number of carbonyl (C=O) groups is 3. The van der Waals surface area contributed by atoms with Gasteiger partial charge in [-0.3, -0.25) is 4.79 Å². The molecule has 0 aliphatic carbocycles. The highest BCUT2D eigenvalue weighted by Crippen LogP contribution is 2.09. The second-order valence-corrected chi connectivity index (χ2v) is 4.83. The molecule has 0 aromatic rings. The molecular weight excluding hydrogens is 246 g/mol. The molecular formula is C9H15N3O4S. The van der Waals surface area contributed by atoms with Gasteiger partial charge in [-0.1, -0.05) is 0 Å². The van der Waals surface area contributed by atoms with E-state index in [2.05, 4.69) is 5.32 Å². The summed E-state index contributed by atoms with van der Waals surface area (Å²) in [4.78, 5) is 34.7. The maximum Gasteiger partial charge on any atom is 0.326 e. The third-order valence-corrected chi connectivity index (χ3v) is 3.24. The molecule has 0 aromatic carbocycles. The highest BCUT2D eigenvalue weighted by Gasteiger charge is 2.25. The van der Waals surface area contributed by atoms with E-state index in [9.17, 15) is 14.4 Å². The Labute approximate surface area is 103 Å². The number of urea groups is 1. The molecule has 1 heterocycles. The molecule has 1 atom stereocenters. The number of hydrogen-bond acceptors (Lipinski definition) is 4. The van der Waals surface area contributed by atoms with E-state index in [1.807, 2.05) is 0 Å². The topological polar surface area (TPSA) is 113 Å². The van der Waals surface area contributed by atoms with Crippen molar-refractivity contribution < 1.29 is 19.5 Å². The average molecular weight is 261 g/mol. The molecule has 1 fully saturated rings. The quantitative estimate of drug-likeness (QED) is 0.605. The second-order valence-electron chi connectivity index (χ2n) is 3.61. The van der Waals surface area contributed by atoms with Crippen molar-refractivity contribution in [1.82, 2.24) is 10.2 Å². The number of nitrogens with zero attached hydrogens (tertiary/aromatic N) is 1. The zero-order chi connectivity index (χ0) is 12.8. The molecule has 0 aromatic heterocycles. The number of rotatable bonds is 4. The summed E-state index contributed by atoms with van der Waals surface area (Å²) in [7, 11) is 0. The summed E-state index contributed by atoms with van der Waals surface area (Å²) in [6.07, 6.45) is -0.399. The smallest absolute Gasteiger partial charge is 0.326 e. The lowest BCUT2D eigenvalue weighted by atomic mass is 10.2. The first-order chi connectivity index (χ1) is 8.00. The Morgan fingerprint density at radius 3 is 2.41 bits per heavy atom. The van der Waals surface area contributed by atoms with Crippen LogP contribution >= 0.6 is 11.8 Å². The van der Waals surface area contributed by atoms with Gasteiger partial charge in [-0.25, -0.2) is 9.59 Å². The monoisotopic (exact) mass is 261 g/mol. The van der Waals surface area contributed by atoms with Crippen LogP contribution in [0.1, 0.15) is 6.42 Å². The van der Waals surface area contributed by atoms with E-state index in [0.29, 0.717) is 13.1 Å². The van der Waals surface area contributed by atoms with Crippen LogP contribution in [0.15, 0.2) is 0 Å². The summed E-state index contributed by atoms with van der Waals surface area (Å²) < 4.78 is 0. The minimum atomic E-state index is -1.26. The summed E-state index contributed by atoms with van der Waals surface area (Å²) in [6.45, 7) is 1.17. The van der Waals surface area contributed by atoms with Crippen LogP contribution in [0.25, 0.3) is 0 Å². The maximum absolute atomic E-state index is 11.7. The molecule has 0 spiro atoms. The highest BCUT2D eigenvalue weighted by atomic mass is 32.2. The number of amides is 3. The zero-order valence-electron chi connectivity index (χ0n) is 9.22. The lowest BCUT2D eigenvalue weighted by Crippen LogP contribution is -2.51. The van der Waals surface area contributed by atoms with Gasteiger partial charge in [-0.05, 0) is 0 Å². The first kappa shape index (κ1) is 13.6. The number of hydrogen-bond donors (Lipinski definition) is 3. The van der Waals surface area contributed by atoms with Crippen molar-refractivity contribution in [2.24, 2.45) is 5.73 Å². The first-order valence-electron chi connectivity index (χ1n) is 5.15. The van der Waals surface area contributed by atoms with E-state index in [1.54, 1.807) is 11.8 Å². The predicted octanol–water partition coefficient (Wildman–Crippen LogP) is -0.927. The minimum absolute atomic E-state index is 0.399. The van der Waals surface area contributed by atoms with Gasteiger partial charge in [0.2, 0.25) is 5.91 Å². The van der Waals surface area contributed by atoms with E-state index in [0.717, 1.165) is 11.5 Å².